The molecule has 0 aliphatic carbocycles. The van der Waals surface area contributed by atoms with E-state index in [4.69, 9.17) is 14.2 Å². The van der Waals surface area contributed by atoms with Gasteiger partial charge >= 0.3 is 5.97 Å². The van der Waals surface area contributed by atoms with Crippen LogP contribution in [0.2, 0.25) is 0 Å². The summed E-state index contributed by atoms with van der Waals surface area (Å²) in [7, 11) is 0. The van der Waals surface area contributed by atoms with Gasteiger partial charge in [0, 0.05) is 12.8 Å². The Balaban J connectivity index is 1.97. The predicted molar refractivity (Wildman–Crippen MR) is 315 cm³/mol. The van der Waals surface area contributed by atoms with Crippen molar-refractivity contribution in [1.82, 2.24) is 5.32 Å². The normalized spacial score (nSPS) is 19.0. The molecule has 0 spiro atoms. The number of hydrogen-bond donors (Lipinski definition) is 6. The zero-order valence-electron chi connectivity index (χ0n) is 49.0. The minimum Gasteiger partial charge on any atom is -0.466 e. The number of aliphatic hydroxyl groups is 5. The van der Waals surface area contributed by atoms with Gasteiger partial charge in [-0.2, -0.15) is 0 Å². The first-order valence-electron chi connectivity index (χ1n) is 31.9. The van der Waals surface area contributed by atoms with Gasteiger partial charge in [-0.1, -0.05) is 242 Å². The zero-order chi connectivity index (χ0) is 55.2. The van der Waals surface area contributed by atoms with Gasteiger partial charge in [-0.15, -0.1) is 0 Å². The third-order valence-corrected chi connectivity index (χ3v) is 14.9. The van der Waals surface area contributed by atoms with Crippen LogP contribution in [0, 0.1) is 0 Å². The van der Waals surface area contributed by atoms with E-state index in [1.165, 1.54) is 193 Å². The molecule has 7 unspecified atom stereocenters. The molecule has 0 aromatic rings. The third-order valence-electron chi connectivity index (χ3n) is 14.9. The Morgan fingerprint density at radius 3 is 1.39 bits per heavy atom. The van der Waals surface area contributed by atoms with Gasteiger partial charge in [0.2, 0.25) is 5.91 Å². The maximum atomic E-state index is 13.0. The Morgan fingerprint density at radius 1 is 0.487 bits per heavy atom. The fourth-order valence-corrected chi connectivity index (χ4v) is 9.82. The van der Waals surface area contributed by atoms with Gasteiger partial charge in [0.15, 0.2) is 6.29 Å². The summed E-state index contributed by atoms with van der Waals surface area (Å²) in [6.45, 7) is 4.25. The van der Waals surface area contributed by atoms with Crippen LogP contribution in [0.5, 0.6) is 0 Å². The minimum atomic E-state index is -1.57. The molecule has 1 fully saturated rings. The second-order valence-electron chi connectivity index (χ2n) is 22.1. The molecule has 0 radical (unpaired) electrons. The second-order valence-corrected chi connectivity index (χ2v) is 22.1. The molecule has 11 nitrogen and oxygen atoms in total. The molecule has 444 valence electrons. The van der Waals surface area contributed by atoms with Crippen molar-refractivity contribution in [3.8, 4) is 0 Å². The molecule has 1 aliphatic rings. The van der Waals surface area contributed by atoms with Gasteiger partial charge in [0.05, 0.1) is 32.0 Å². The number of esters is 1. The lowest BCUT2D eigenvalue weighted by Gasteiger charge is -2.40. The summed E-state index contributed by atoms with van der Waals surface area (Å²) in [6.07, 6.45) is 59.5. The average molecular weight is 1070 g/mol. The fraction of sp³-hybridized carbons (Fsp3) is 0.846. The number of unbranched alkanes of at least 4 members (excludes halogenated alkanes) is 35. The maximum absolute atomic E-state index is 13.0. The van der Waals surface area contributed by atoms with Crippen molar-refractivity contribution in [3.05, 3.63) is 48.6 Å². The van der Waals surface area contributed by atoms with E-state index in [0.29, 0.717) is 19.4 Å². The van der Waals surface area contributed by atoms with Gasteiger partial charge in [-0.3, -0.25) is 9.59 Å². The first-order chi connectivity index (χ1) is 37.2. The van der Waals surface area contributed by atoms with Crippen LogP contribution >= 0.6 is 0 Å². The number of nitrogens with one attached hydrogen (secondary N) is 1. The Bertz CT molecular complexity index is 1400. The van der Waals surface area contributed by atoms with Crippen LogP contribution in [-0.4, -0.2) is 100 Å². The molecule has 76 heavy (non-hydrogen) atoms. The molecule has 11 heteroatoms. The second kappa shape index (κ2) is 54.6. The monoisotopic (exact) mass is 1070 g/mol. The fourth-order valence-electron chi connectivity index (χ4n) is 9.82. The van der Waals surface area contributed by atoms with Gasteiger partial charge in [0.1, 0.15) is 24.4 Å². The van der Waals surface area contributed by atoms with E-state index in [1.807, 2.05) is 6.08 Å². The first kappa shape index (κ1) is 71.6. The number of ether oxygens (including phenoxy) is 3. The van der Waals surface area contributed by atoms with Gasteiger partial charge in [-0.25, -0.2) is 0 Å². The topological polar surface area (TPSA) is 175 Å². The van der Waals surface area contributed by atoms with Crippen molar-refractivity contribution in [2.45, 2.75) is 333 Å². The molecule has 0 aromatic heterocycles. The van der Waals surface area contributed by atoms with Gasteiger partial charge in [-0.05, 0) is 83.5 Å². The Hall–Kier alpha value is -2.38. The summed E-state index contributed by atoms with van der Waals surface area (Å²) in [6, 6.07) is -0.810. The van der Waals surface area contributed by atoms with E-state index >= 15 is 0 Å². The van der Waals surface area contributed by atoms with Crippen molar-refractivity contribution >= 4 is 11.9 Å². The van der Waals surface area contributed by atoms with Crippen LogP contribution in [0.1, 0.15) is 290 Å². The highest BCUT2D eigenvalue weighted by Crippen LogP contribution is 2.23. The van der Waals surface area contributed by atoms with E-state index < -0.39 is 49.5 Å². The van der Waals surface area contributed by atoms with Crippen molar-refractivity contribution in [1.29, 1.82) is 0 Å². The van der Waals surface area contributed by atoms with Crippen LogP contribution in [0.25, 0.3) is 0 Å². The summed E-state index contributed by atoms with van der Waals surface area (Å²) >= 11 is 0. The molecular weight excluding hydrogens is 955 g/mol. The highest BCUT2D eigenvalue weighted by Gasteiger charge is 2.44. The molecule has 1 heterocycles. The Morgan fingerprint density at radius 2 is 0.908 bits per heavy atom. The lowest BCUT2D eigenvalue weighted by atomic mass is 9.99. The molecular formula is C65H119NO10. The number of carbonyl (C=O) groups is 2. The largest absolute Gasteiger partial charge is 0.466 e. The predicted octanol–water partition coefficient (Wildman–Crippen LogP) is 15.2. The van der Waals surface area contributed by atoms with Gasteiger partial charge in [0.25, 0.3) is 0 Å². The Labute approximate surface area is 466 Å². The SMILES string of the molecule is CCC/C=C\C/C=C\CCCCCCCC(=O)OCCCCCCCCCCCCCC/C=C\CCCCCCCCCCCCC(=O)NC(COC1OC(CO)C(O)C(O)C1O)C(O)/C=C/CCCCCCCCC. The van der Waals surface area contributed by atoms with Crippen LogP contribution in [0.4, 0.5) is 0 Å². The molecule has 1 rings (SSSR count). The number of aliphatic hydroxyl groups excluding tert-OH is 5. The van der Waals surface area contributed by atoms with E-state index in [9.17, 15) is 35.1 Å². The molecule has 1 aliphatic heterocycles. The highest BCUT2D eigenvalue weighted by atomic mass is 16.7. The standard InChI is InChI=1S/C65H119NO10/c1-3-5-7-9-11-13-14-29-33-37-41-45-49-53-61(70)74-54-50-46-42-38-34-31-28-26-24-22-20-18-16-15-17-19-21-23-25-27-30-32-36-40-44-48-52-60(69)66-57(58(68)51-47-43-39-35-12-10-8-6-4-2)56-75-65-64(73)63(72)62(71)59(55-67)76-65/h7,9,13-15,17,47,51,57-59,62-65,67-68,71-73H,3-6,8,10-12,16,18-46,48-50,52-56H2,1-2H3,(H,66,69)/b9-7-,14-13-,17-15-,51-47+. The molecule has 0 bridgehead atoms. The summed E-state index contributed by atoms with van der Waals surface area (Å²) < 4.78 is 16.7. The smallest absolute Gasteiger partial charge is 0.305 e. The summed E-state index contributed by atoms with van der Waals surface area (Å²) in [5, 5.41) is 54.2. The average Bonchev–Trinajstić information content (AvgIpc) is 3.42. The summed E-state index contributed by atoms with van der Waals surface area (Å²) in [5.74, 6) is -0.197. The number of allylic oxidation sites excluding steroid dienone is 7. The highest BCUT2D eigenvalue weighted by molar-refractivity contribution is 5.76. The summed E-state index contributed by atoms with van der Waals surface area (Å²) in [5.41, 5.74) is 0. The van der Waals surface area contributed by atoms with Crippen LogP contribution in [0.15, 0.2) is 48.6 Å². The molecule has 0 saturated carbocycles. The van der Waals surface area contributed by atoms with Gasteiger partial charge < -0.3 is 45.1 Å². The molecule has 7 atom stereocenters. The van der Waals surface area contributed by atoms with E-state index in [-0.39, 0.29) is 18.5 Å². The number of rotatable bonds is 55. The van der Waals surface area contributed by atoms with E-state index in [2.05, 4.69) is 55.6 Å². The van der Waals surface area contributed by atoms with E-state index in [0.717, 1.165) is 70.6 Å². The number of hydrogen-bond acceptors (Lipinski definition) is 10. The number of carbonyl (C=O) groups excluding carboxylic acids is 2. The minimum absolute atomic E-state index is 0.0116. The van der Waals surface area contributed by atoms with Crippen molar-refractivity contribution < 1.29 is 49.3 Å². The third kappa shape index (κ3) is 43.5. The first-order valence-corrected chi connectivity index (χ1v) is 31.9. The Kier molecular flexibility index (Phi) is 51.4. The zero-order valence-corrected chi connectivity index (χ0v) is 49.0. The number of amides is 1. The van der Waals surface area contributed by atoms with Crippen molar-refractivity contribution in [3.63, 3.8) is 0 Å². The molecule has 1 amide bonds. The quantitative estimate of drug-likeness (QED) is 0.0195. The van der Waals surface area contributed by atoms with Crippen LogP contribution in [0.3, 0.4) is 0 Å². The van der Waals surface area contributed by atoms with E-state index in [1.54, 1.807) is 6.08 Å². The summed E-state index contributed by atoms with van der Waals surface area (Å²) in [4.78, 5) is 25.0. The lowest BCUT2D eigenvalue weighted by molar-refractivity contribution is -0.302. The maximum Gasteiger partial charge on any atom is 0.305 e. The van der Waals surface area contributed by atoms with Crippen molar-refractivity contribution in [2.24, 2.45) is 0 Å². The van der Waals surface area contributed by atoms with Crippen LogP contribution < -0.4 is 5.32 Å². The molecule has 0 aromatic carbocycles. The lowest BCUT2D eigenvalue weighted by Crippen LogP contribution is -2.60. The van der Waals surface area contributed by atoms with Crippen LogP contribution in [-0.2, 0) is 23.8 Å². The van der Waals surface area contributed by atoms with Crippen molar-refractivity contribution in [2.75, 3.05) is 19.8 Å². The molecule has 6 N–H and O–H groups in total. The molecule has 1 saturated heterocycles.